The average molecular weight is 380 g/mol. The quantitative estimate of drug-likeness (QED) is 0.255. The highest BCUT2D eigenvalue weighted by Gasteiger charge is 2.36. The predicted molar refractivity (Wildman–Crippen MR) is 72.2 cm³/mol. The first-order chi connectivity index (χ1) is 9.95. The van der Waals surface area contributed by atoms with E-state index in [-0.39, 0.29) is 12.4 Å². The molecule has 1 aromatic rings. The summed E-state index contributed by atoms with van der Waals surface area (Å²) in [6.45, 7) is 1.10. The minimum atomic E-state index is -5.27. The molecule has 0 aliphatic rings. The van der Waals surface area contributed by atoms with Gasteiger partial charge in [-0.05, 0) is 4.92 Å². The average Bonchev–Trinajstić information content (AvgIpc) is 2.66. The van der Waals surface area contributed by atoms with Crippen LogP contribution in [0.4, 0.5) is 5.82 Å². The molecule has 3 N–H and O–H groups in total. The first-order valence-corrected chi connectivity index (χ1v) is 9.02. The van der Waals surface area contributed by atoms with Gasteiger partial charge in [-0.15, -0.1) is 11.6 Å². The Morgan fingerprint density at radius 2 is 2.09 bits per heavy atom. The number of phosphoric ester groups is 1. The molecule has 1 rings (SSSR count). The third kappa shape index (κ3) is 5.75. The lowest BCUT2D eigenvalue weighted by molar-refractivity contribution is -0.392. The van der Waals surface area contributed by atoms with E-state index in [1.54, 1.807) is 0 Å². The van der Waals surface area contributed by atoms with Gasteiger partial charge in [-0.3, -0.25) is 4.52 Å². The summed E-state index contributed by atoms with van der Waals surface area (Å²) in [5, 5.41) is 10.8. The van der Waals surface area contributed by atoms with Crippen LogP contribution in [0.5, 0.6) is 0 Å². The molecule has 0 spiro atoms. The number of nitro groups is 1. The molecule has 0 radical (unpaired) electrons. The molecule has 12 nitrogen and oxygen atoms in total. The summed E-state index contributed by atoms with van der Waals surface area (Å²) in [4.78, 5) is 40.0. The number of hydrogen-bond donors (Lipinski definition) is 3. The van der Waals surface area contributed by atoms with Crippen LogP contribution in [0.15, 0.2) is 6.20 Å². The Labute approximate surface area is 128 Å². The van der Waals surface area contributed by atoms with Crippen LogP contribution in [-0.4, -0.2) is 41.1 Å². The molecule has 0 amide bonds. The van der Waals surface area contributed by atoms with Gasteiger partial charge in [0.2, 0.25) is 0 Å². The van der Waals surface area contributed by atoms with Gasteiger partial charge in [0.05, 0.1) is 5.88 Å². The van der Waals surface area contributed by atoms with E-state index >= 15 is 0 Å². The maximum Gasteiger partial charge on any atom is 0.481 e. The zero-order valence-corrected chi connectivity index (χ0v) is 13.5. The first-order valence-electron chi connectivity index (χ1n) is 5.46. The largest absolute Gasteiger partial charge is 0.481 e. The smallest absolute Gasteiger partial charge is 0.358 e. The number of aromatic nitrogens is 2. The van der Waals surface area contributed by atoms with Crippen molar-refractivity contribution in [3.05, 3.63) is 22.1 Å². The molecular weight excluding hydrogens is 367 g/mol. The lowest BCUT2D eigenvalue weighted by Gasteiger charge is -2.18. The van der Waals surface area contributed by atoms with Gasteiger partial charge in [0.1, 0.15) is 18.8 Å². The van der Waals surface area contributed by atoms with Crippen LogP contribution in [0, 0.1) is 17.0 Å². The molecule has 0 saturated heterocycles. The molecule has 0 aliphatic carbocycles. The van der Waals surface area contributed by atoms with Crippen LogP contribution in [0.3, 0.4) is 0 Å². The van der Waals surface area contributed by atoms with Gasteiger partial charge in [0, 0.05) is 6.92 Å². The summed E-state index contributed by atoms with van der Waals surface area (Å²) in [5.41, 5.74) is 0. The highest BCUT2D eigenvalue weighted by molar-refractivity contribution is 7.60. The van der Waals surface area contributed by atoms with Gasteiger partial charge in [-0.25, -0.2) is 18.7 Å². The molecule has 1 heterocycles. The number of imidazole rings is 1. The molecule has 15 heteroatoms. The van der Waals surface area contributed by atoms with Crippen LogP contribution in [0.25, 0.3) is 0 Å². The van der Waals surface area contributed by atoms with Crippen LogP contribution in [0.2, 0.25) is 0 Å². The number of nitrogens with zero attached hydrogens (tertiary/aromatic N) is 3. The van der Waals surface area contributed by atoms with Gasteiger partial charge in [0.15, 0.2) is 5.82 Å². The fourth-order valence-corrected chi connectivity index (χ4v) is 3.48. The van der Waals surface area contributed by atoms with Crippen molar-refractivity contribution in [2.45, 2.75) is 19.6 Å². The highest BCUT2D eigenvalue weighted by Crippen LogP contribution is 2.58. The lowest BCUT2D eigenvalue weighted by atomic mass is 10.4. The zero-order chi connectivity index (χ0) is 17.1. The van der Waals surface area contributed by atoms with Crippen molar-refractivity contribution in [1.82, 2.24) is 9.55 Å². The molecule has 0 aromatic carbocycles. The molecule has 22 heavy (non-hydrogen) atoms. The fraction of sp³-hybridized carbons (Fsp3) is 0.571. The first kappa shape index (κ1) is 19.2. The Hall–Kier alpha value is -0.840. The molecule has 2 atom stereocenters. The summed E-state index contributed by atoms with van der Waals surface area (Å²) >= 11 is 5.54. The summed E-state index contributed by atoms with van der Waals surface area (Å²) < 4.78 is 31.2. The van der Waals surface area contributed by atoms with E-state index in [9.17, 15) is 24.1 Å². The van der Waals surface area contributed by atoms with Crippen molar-refractivity contribution in [3.63, 3.8) is 0 Å². The number of rotatable bonds is 8. The number of phosphoric acid groups is 2. The van der Waals surface area contributed by atoms with E-state index in [2.05, 4.69) is 13.8 Å². The Kier molecular flexibility index (Phi) is 6.25. The molecule has 1 aromatic heterocycles. The summed E-state index contributed by atoms with van der Waals surface area (Å²) in [6.07, 6.45) is -0.318. The van der Waals surface area contributed by atoms with Gasteiger partial charge in [0.25, 0.3) is 0 Å². The SMILES string of the molecule is Cc1ncc([N+](=O)[O-])n1C[C@@H](CCl)OP(=O)(O)OP(=O)(O)O. The minimum absolute atomic E-state index is 0.217. The number of hydrogen-bond acceptors (Lipinski definition) is 7. The van der Waals surface area contributed by atoms with Crippen molar-refractivity contribution < 1.29 is 37.6 Å². The summed E-state index contributed by atoms with van der Waals surface area (Å²) in [6, 6.07) is 0. The monoisotopic (exact) mass is 379 g/mol. The van der Waals surface area contributed by atoms with Crippen molar-refractivity contribution >= 4 is 33.1 Å². The molecule has 0 fully saturated rings. The summed E-state index contributed by atoms with van der Waals surface area (Å²) in [5.74, 6) is -0.585. The van der Waals surface area contributed by atoms with Crippen molar-refractivity contribution in [2.75, 3.05) is 5.88 Å². The second kappa shape index (κ2) is 7.16. The van der Waals surface area contributed by atoms with Crippen LogP contribution in [-0.2, 0) is 24.5 Å². The maximum absolute atomic E-state index is 11.4. The topological polar surface area (TPSA) is 174 Å². The van der Waals surface area contributed by atoms with E-state index in [1.807, 2.05) is 0 Å². The molecular formula is C7H12ClN3O9P2. The molecule has 0 bridgehead atoms. The predicted octanol–water partition coefficient (Wildman–Crippen LogP) is 0.933. The lowest BCUT2D eigenvalue weighted by Crippen LogP contribution is -2.22. The second-order valence-corrected chi connectivity index (χ2v) is 7.04. The third-order valence-corrected chi connectivity index (χ3v) is 4.86. The van der Waals surface area contributed by atoms with Crippen molar-refractivity contribution in [2.24, 2.45) is 0 Å². The number of halogens is 1. The van der Waals surface area contributed by atoms with Gasteiger partial charge >= 0.3 is 21.5 Å². The van der Waals surface area contributed by atoms with E-state index in [0.29, 0.717) is 0 Å². The van der Waals surface area contributed by atoms with Gasteiger partial charge in [-0.1, -0.05) is 0 Å². The third-order valence-electron chi connectivity index (χ3n) is 2.27. The maximum atomic E-state index is 11.4. The minimum Gasteiger partial charge on any atom is -0.358 e. The molecule has 1 unspecified atom stereocenters. The van der Waals surface area contributed by atoms with Crippen LogP contribution >= 0.6 is 27.2 Å². The molecule has 0 aliphatic heterocycles. The standard InChI is InChI=1S/C7H12ClN3O9P2/c1-5-9-3-7(11(12)13)10(5)4-6(2-8)19-22(17,18)20-21(14,15)16/h3,6H,2,4H2,1H3,(H,17,18)(H2,14,15,16)/t6-/m1/s1. The number of aryl methyl sites for hydroxylation is 1. The Morgan fingerprint density at radius 1 is 1.50 bits per heavy atom. The van der Waals surface area contributed by atoms with Crippen molar-refractivity contribution in [3.8, 4) is 0 Å². The van der Waals surface area contributed by atoms with E-state index < -0.39 is 38.4 Å². The Bertz CT molecular complexity index is 643. The molecule has 126 valence electrons. The normalized spacial score (nSPS) is 16.2. The Morgan fingerprint density at radius 3 is 2.55 bits per heavy atom. The molecule has 0 saturated carbocycles. The highest BCUT2D eigenvalue weighted by atomic mass is 35.5. The van der Waals surface area contributed by atoms with E-state index in [4.69, 9.17) is 21.4 Å². The van der Waals surface area contributed by atoms with Crippen molar-refractivity contribution in [1.29, 1.82) is 0 Å². The van der Waals surface area contributed by atoms with E-state index in [1.165, 1.54) is 6.92 Å². The van der Waals surface area contributed by atoms with Gasteiger partial charge in [-0.2, -0.15) is 4.31 Å². The Balaban J connectivity index is 2.91. The number of alkyl halides is 1. The van der Waals surface area contributed by atoms with E-state index in [0.717, 1.165) is 10.8 Å². The van der Waals surface area contributed by atoms with Crippen LogP contribution in [0.1, 0.15) is 5.82 Å². The second-order valence-electron chi connectivity index (χ2n) is 3.95. The van der Waals surface area contributed by atoms with Gasteiger partial charge < -0.3 is 24.8 Å². The summed E-state index contributed by atoms with van der Waals surface area (Å²) in [7, 11) is -10.4. The van der Waals surface area contributed by atoms with Crippen LogP contribution < -0.4 is 0 Å². The fourth-order valence-electron chi connectivity index (χ4n) is 1.48. The zero-order valence-electron chi connectivity index (χ0n) is 11.0.